The Balaban J connectivity index is 1.77. The molecule has 2 atom stereocenters. The number of hydrogen-bond acceptors (Lipinski definition) is 2. The molecule has 1 nitrogen and oxygen atoms in total. The summed E-state index contributed by atoms with van der Waals surface area (Å²) in [6.07, 6.45) is 1.18. The molecule has 0 radical (unpaired) electrons. The van der Waals surface area contributed by atoms with Crippen LogP contribution in [0.15, 0.2) is 53.4 Å². The maximum absolute atomic E-state index is 5.95. The van der Waals surface area contributed by atoms with E-state index in [2.05, 4.69) is 48.6 Å². The molecule has 1 N–H and O–H groups in total. The number of thioether (sulfide) groups is 1. The molecule has 1 heterocycles. The summed E-state index contributed by atoms with van der Waals surface area (Å²) in [6.45, 7) is 2.22. The van der Waals surface area contributed by atoms with E-state index in [1.54, 1.807) is 0 Å². The molecule has 0 amide bonds. The summed E-state index contributed by atoms with van der Waals surface area (Å²) in [6, 6.07) is 17.6. The first kappa shape index (κ1) is 14.0. The fourth-order valence-electron chi connectivity index (χ4n) is 2.66. The highest BCUT2D eigenvalue weighted by Crippen LogP contribution is 2.37. The Hall–Kier alpha value is -0.960. The largest absolute Gasteiger partial charge is 0.303 e. The molecule has 0 aliphatic carbocycles. The van der Waals surface area contributed by atoms with Gasteiger partial charge < -0.3 is 5.32 Å². The lowest BCUT2D eigenvalue weighted by Gasteiger charge is -2.29. The second kappa shape index (κ2) is 6.21. The van der Waals surface area contributed by atoms with E-state index in [4.69, 9.17) is 11.6 Å². The molecular formula is C17H18ClNS. The molecule has 3 heteroatoms. The Kier molecular flexibility index (Phi) is 4.35. The first-order chi connectivity index (χ1) is 9.74. The van der Waals surface area contributed by atoms with Crippen molar-refractivity contribution < 1.29 is 0 Å². The topological polar surface area (TPSA) is 12.0 Å². The van der Waals surface area contributed by atoms with Gasteiger partial charge in [-0.15, -0.1) is 11.8 Å². The maximum atomic E-state index is 5.95. The Labute approximate surface area is 129 Å². The van der Waals surface area contributed by atoms with Crippen LogP contribution in [0, 0.1) is 0 Å². The van der Waals surface area contributed by atoms with Crippen LogP contribution in [0.2, 0.25) is 5.02 Å². The highest BCUT2D eigenvalue weighted by Gasteiger charge is 2.21. The van der Waals surface area contributed by atoms with Gasteiger partial charge in [0.2, 0.25) is 0 Å². The first-order valence-corrected chi connectivity index (χ1v) is 8.33. The third kappa shape index (κ3) is 3.03. The van der Waals surface area contributed by atoms with E-state index in [1.807, 2.05) is 23.9 Å². The first-order valence-electron chi connectivity index (χ1n) is 6.97. The molecule has 104 valence electrons. The second-order valence-corrected chi connectivity index (χ2v) is 6.74. The predicted octanol–water partition coefficient (Wildman–Crippen LogP) is 5.23. The van der Waals surface area contributed by atoms with Gasteiger partial charge in [-0.1, -0.05) is 41.9 Å². The van der Waals surface area contributed by atoms with Gasteiger partial charge in [0.05, 0.1) is 0 Å². The highest BCUT2D eigenvalue weighted by atomic mass is 35.5. The zero-order valence-corrected chi connectivity index (χ0v) is 13.0. The van der Waals surface area contributed by atoms with Crippen LogP contribution in [0.3, 0.4) is 0 Å². The van der Waals surface area contributed by atoms with Crippen molar-refractivity contribution in [1.82, 2.24) is 5.32 Å². The van der Waals surface area contributed by atoms with Crippen LogP contribution in [0.5, 0.6) is 0 Å². The minimum Gasteiger partial charge on any atom is -0.303 e. The Morgan fingerprint density at radius 3 is 2.70 bits per heavy atom. The summed E-state index contributed by atoms with van der Waals surface area (Å²) < 4.78 is 0. The van der Waals surface area contributed by atoms with Crippen molar-refractivity contribution >= 4 is 23.4 Å². The molecule has 2 unspecified atom stereocenters. The van der Waals surface area contributed by atoms with Gasteiger partial charge >= 0.3 is 0 Å². The van der Waals surface area contributed by atoms with E-state index in [1.165, 1.54) is 28.2 Å². The normalized spacial score (nSPS) is 19.4. The fourth-order valence-corrected chi connectivity index (χ4v) is 3.92. The Bertz CT molecular complexity index is 582. The SMILES string of the molecule is CC(NC1CCSc2ccccc21)c1ccc(Cl)cc1. The van der Waals surface area contributed by atoms with Crippen molar-refractivity contribution in [3.8, 4) is 0 Å². The van der Waals surface area contributed by atoms with Crippen LogP contribution in [0.25, 0.3) is 0 Å². The van der Waals surface area contributed by atoms with Gasteiger partial charge in [-0.05, 0) is 48.4 Å². The third-order valence-corrected chi connectivity index (χ3v) is 5.15. The molecular weight excluding hydrogens is 286 g/mol. The van der Waals surface area contributed by atoms with Gasteiger partial charge in [-0.25, -0.2) is 0 Å². The zero-order chi connectivity index (χ0) is 13.9. The molecule has 0 bridgehead atoms. The summed E-state index contributed by atoms with van der Waals surface area (Å²) >= 11 is 7.91. The van der Waals surface area contributed by atoms with Crippen LogP contribution >= 0.6 is 23.4 Å². The lowest BCUT2D eigenvalue weighted by Crippen LogP contribution is -2.27. The number of hydrogen-bond donors (Lipinski definition) is 1. The van der Waals surface area contributed by atoms with Crippen LogP contribution in [0.4, 0.5) is 0 Å². The zero-order valence-electron chi connectivity index (χ0n) is 11.5. The molecule has 0 spiro atoms. The van der Waals surface area contributed by atoms with Crippen LogP contribution in [-0.2, 0) is 0 Å². The summed E-state index contributed by atoms with van der Waals surface area (Å²) in [5.41, 5.74) is 2.72. The number of nitrogens with one attached hydrogen (secondary N) is 1. The standard InChI is InChI=1S/C17H18ClNS/c1-12(13-6-8-14(18)9-7-13)19-16-10-11-20-17-5-3-2-4-15(16)17/h2-9,12,16,19H,10-11H2,1H3. The number of halogens is 1. The summed E-state index contributed by atoms with van der Waals surface area (Å²) in [4.78, 5) is 1.42. The average molecular weight is 304 g/mol. The van der Waals surface area contributed by atoms with E-state index in [0.717, 1.165) is 5.02 Å². The van der Waals surface area contributed by atoms with E-state index >= 15 is 0 Å². The van der Waals surface area contributed by atoms with Crippen LogP contribution < -0.4 is 5.32 Å². The monoisotopic (exact) mass is 303 g/mol. The van der Waals surface area contributed by atoms with Gasteiger partial charge in [-0.3, -0.25) is 0 Å². The predicted molar refractivity (Wildman–Crippen MR) is 87.5 cm³/mol. The molecule has 0 saturated carbocycles. The molecule has 2 aromatic rings. The maximum Gasteiger partial charge on any atom is 0.0406 e. The molecule has 0 aromatic heterocycles. The van der Waals surface area contributed by atoms with E-state index < -0.39 is 0 Å². The minimum atomic E-state index is 0.327. The Morgan fingerprint density at radius 2 is 1.90 bits per heavy atom. The quantitative estimate of drug-likeness (QED) is 0.833. The number of benzene rings is 2. The Morgan fingerprint density at radius 1 is 1.15 bits per heavy atom. The average Bonchev–Trinajstić information content (AvgIpc) is 2.48. The molecule has 20 heavy (non-hydrogen) atoms. The van der Waals surface area contributed by atoms with E-state index in [0.29, 0.717) is 12.1 Å². The van der Waals surface area contributed by atoms with Crippen molar-refractivity contribution in [3.63, 3.8) is 0 Å². The van der Waals surface area contributed by atoms with E-state index in [9.17, 15) is 0 Å². The van der Waals surface area contributed by atoms with Gasteiger partial charge in [0.25, 0.3) is 0 Å². The van der Waals surface area contributed by atoms with Crippen molar-refractivity contribution in [3.05, 3.63) is 64.7 Å². The fraction of sp³-hybridized carbons (Fsp3) is 0.294. The molecule has 0 fully saturated rings. The molecule has 1 aliphatic rings. The lowest BCUT2D eigenvalue weighted by atomic mass is 10.0. The highest BCUT2D eigenvalue weighted by molar-refractivity contribution is 7.99. The van der Waals surface area contributed by atoms with Crippen LogP contribution in [0.1, 0.15) is 36.6 Å². The lowest BCUT2D eigenvalue weighted by molar-refractivity contribution is 0.450. The second-order valence-electron chi connectivity index (χ2n) is 5.17. The molecule has 3 rings (SSSR count). The summed E-state index contributed by atoms with van der Waals surface area (Å²) in [5, 5.41) is 4.55. The van der Waals surface area contributed by atoms with Crippen molar-refractivity contribution in [2.24, 2.45) is 0 Å². The summed E-state index contributed by atoms with van der Waals surface area (Å²) in [5.74, 6) is 1.18. The van der Waals surface area contributed by atoms with Gasteiger partial charge in [0.1, 0.15) is 0 Å². The van der Waals surface area contributed by atoms with E-state index in [-0.39, 0.29) is 0 Å². The smallest absolute Gasteiger partial charge is 0.0406 e. The molecule has 2 aromatic carbocycles. The van der Waals surface area contributed by atoms with Gasteiger partial charge in [-0.2, -0.15) is 0 Å². The van der Waals surface area contributed by atoms with Crippen molar-refractivity contribution in [1.29, 1.82) is 0 Å². The third-order valence-electron chi connectivity index (χ3n) is 3.78. The van der Waals surface area contributed by atoms with Crippen molar-refractivity contribution in [2.75, 3.05) is 5.75 Å². The summed E-state index contributed by atoms with van der Waals surface area (Å²) in [7, 11) is 0. The minimum absolute atomic E-state index is 0.327. The van der Waals surface area contributed by atoms with Gasteiger partial charge in [0, 0.05) is 22.0 Å². The number of rotatable bonds is 3. The van der Waals surface area contributed by atoms with Crippen LogP contribution in [-0.4, -0.2) is 5.75 Å². The number of fused-ring (bicyclic) bond motifs is 1. The molecule has 1 aliphatic heterocycles. The molecule has 0 saturated heterocycles. The van der Waals surface area contributed by atoms with Gasteiger partial charge in [0.15, 0.2) is 0 Å². The van der Waals surface area contributed by atoms with Crippen molar-refractivity contribution in [2.45, 2.75) is 30.3 Å².